The molecule has 0 aliphatic heterocycles. The second-order valence-corrected chi connectivity index (χ2v) is 1.66. The fraction of sp³-hybridized carbons (Fsp3) is 0.200. The maximum absolute atomic E-state index is 10.7. The zero-order chi connectivity index (χ0) is 7.56. The fourth-order valence-corrected chi connectivity index (χ4v) is 0.542. The first-order chi connectivity index (χ1) is 4.75. The van der Waals surface area contributed by atoms with Crippen LogP contribution in [0.2, 0.25) is 0 Å². The molecular formula is C5H6N2O3. The summed E-state index contributed by atoms with van der Waals surface area (Å²) < 4.78 is 4.37. The molecular weight excluding hydrogens is 136 g/mol. The van der Waals surface area contributed by atoms with Crippen molar-refractivity contribution >= 4 is 5.91 Å². The standard InChI is InChI=1S/C5H6N2O3/c1-6-4(8)3-2-10-7-5(3)9/h2H,1H3,(H,6,8)(H,7,9). The second-order valence-electron chi connectivity index (χ2n) is 1.66. The van der Waals surface area contributed by atoms with Crippen molar-refractivity contribution < 1.29 is 9.32 Å². The quantitative estimate of drug-likeness (QED) is 0.545. The number of hydrogen-bond acceptors (Lipinski definition) is 3. The van der Waals surface area contributed by atoms with Crippen LogP contribution in [-0.4, -0.2) is 18.1 Å². The average Bonchev–Trinajstić information content (AvgIpc) is 2.34. The molecule has 0 saturated heterocycles. The van der Waals surface area contributed by atoms with Crippen molar-refractivity contribution in [2.75, 3.05) is 7.05 Å². The highest BCUT2D eigenvalue weighted by molar-refractivity contribution is 5.93. The van der Waals surface area contributed by atoms with Crippen LogP contribution < -0.4 is 10.9 Å². The number of carbonyl (C=O) groups is 1. The zero-order valence-electron chi connectivity index (χ0n) is 5.30. The van der Waals surface area contributed by atoms with Gasteiger partial charge in [0.15, 0.2) is 0 Å². The Balaban J connectivity index is 3.05. The van der Waals surface area contributed by atoms with Crippen LogP contribution >= 0.6 is 0 Å². The molecule has 2 N–H and O–H groups in total. The Hall–Kier alpha value is -1.52. The van der Waals surface area contributed by atoms with Crippen LogP contribution in [0.5, 0.6) is 0 Å². The van der Waals surface area contributed by atoms with Crippen LogP contribution in [0.3, 0.4) is 0 Å². The highest BCUT2D eigenvalue weighted by Crippen LogP contribution is 1.86. The molecule has 0 unspecified atom stereocenters. The maximum atomic E-state index is 10.7. The topological polar surface area (TPSA) is 75.1 Å². The van der Waals surface area contributed by atoms with E-state index in [0.717, 1.165) is 6.26 Å². The molecule has 5 heteroatoms. The molecule has 1 aromatic rings. The van der Waals surface area contributed by atoms with Crippen molar-refractivity contribution in [2.24, 2.45) is 0 Å². The highest BCUT2D eigenvalue weighted by atomic mass is 16.5. The number of amides is 1. The Morgan fingerprint density at radius 2 is 2.50 bits per heavy atom. The Bertz CT molecular complexity index is 285. The van der Waals surface area contributed by atoms with Gasteiger partial charge in [-0.25, -0.2) is 0 Å². The lowest BCUT2D eigenvalue weighted by Gasteiger charge is -1.88. The SMILES string of the molecule is CNC(=O)c1co[nH]c1=O. The van der Waals surface area contributed by atoms with Gasteiger partial charge in [-0.3, -0.25) is 9.59 Å². The minimum atomic E-state index is -0.514. The van der Waals surface area contributed by atoms with Crippen molar-refractivity contribution in [1.29, 1.82) is 0 Å². The molecule has 0 atom stereocenters. The van der Waals surface area contributed by atoms with Crippen LogP contribution in [0.4, 0.5) is 0 Å². The van der Waals surface area contributed by atoms with Crippen molar-refractivity contribution in [3.8, 4) is 0 Å². The molecule has 0 spiro atoms. The molecule has 1 rings (SSSR count). The molecule has 5 nitrogen and oxygen atoms in total. The molecule has 1 heterocycles. The number of aromatic amines is 1. The Labute approximate surface area is 56.0 Å². The van der Waals surface area contributed by atoms with E-state index in [2.05, 4.69) is 9.84 Å². The van der Waals surface area contributed by atoms with E-state index < -0.39 is 11.5 Å². The van der Waals surface area contributed by atoms with Crippen LogP contribution in [-0.2, 0) is 0 Å². The van der Waals surface area contributed by atoms with Crippen LogP contribution in [0.25, 0.3) is 0 Å². The van der Waals surface area contributed by atoms with E-state index in [-0.39, 0.29) is 5.56 Å². The van der Waals surface area contributed by atoms with E-state index >= 15 is 0 Å². The molecule has 0 aliphatic rings. The van der Waals surface area contributed by atoms with Crippen LogP contribution in [0, 0.1) is 0 Å². The third-order valence-electron chi connectivity index (χ3n) is 1.04. The number of aromatic nitrogens is 1. The average molecular weight is 142 g/mol. The molecule has 0 aromatic carbocycles. The van der Waals surface area contributed by atoms with Gasteiger partial charge in [-0.15, -0.1) is 0 Å². The highest BCUT2D eigenvalue weighted by Gasteiger charge is 2.08. The van der Waals surface area contributed by atoms with Crippen molar-refractivity contribution in [1.82, 2.24) is 10.5 Å². The molecule has 0 bridgehead atoms. The van der Waals surface area contributed by atoms with Crippen molar-refractivity contribution in [3.05, 3.63) is 22.2 Å². The second kappa shape index (κ2) is 2.38. The molecule has 0 saturated carbocycles. The predicted molar refractivity (Wildman–Crippen MR) is 32.7 cm³/mol. The Morgan fingerprint density at radius 1 is 1.80 bits per heavy atom. The van der Waals surface area contributed by atoms with Gasteiger partial charge in [0, 0.05) is 7.05 Å². The van der Waals surface area contributed by atoms with E-state index in [4.69, 9.17) is 0 Å². The maximum Gasteiger partial charge on any atom is 0.292 e. The fourth-order valence-electron chi connectivity index (χ4n) is 0.542. The summed E-state index contributed by atoms with van der Waals surface area (Å²) in [5, 5.41) is 4.28. The first kappa shape index (κ1) is 6.60. The summed E-state index contributed by atoms with van der Waals surface area (Å²) in [4.78, 5) is 21.3. The summed E-state index contributed by atoms with van der Waals surface area (Å²) in [6, 6.07) is 0. The third kappa shape index (κ3) is 0.928. The monoisotopic (exact) mass is 142 g/mol. The van der Waals surface area contributed by atoms with Crippen molar-refractivity contribution in [3.63, 3.8) is 0 Å². The Morgan fingerprint density at radius 3 is 2.90 bits per heavy atom. The van der Waals surface area contributed by atoms with E-state index in [1.54, 1.807) is 0 Å². The molecule has 10 heavy (non-hydrogen) atoms. The summed E-state index contributed by atoms with van der Waals surface area (Å²) in [6.07, 6.45) is 1.07. The van der Waals surface area contributed by atoms with E-state index in [0.29, 0.717) is 0 Å². The van der Waals surface area contributed by atoms with Crippen LogP contribution in [0.1, 0.15) is 10.4 Å². The van der Waals surface area contributed by atoms with Gasteiger partial charge in [0.05, 0.1) is 0 Å². The lowest BCUT2D eigenvalue weighted by atomic mass is 10.3. The van der Waals surface area contributed by atoms with Gasteiger partial charge in [-0.1, -0.05) is 0 Å². The summed E-state index contributed by atoms with van der Waals surface area (Å²) in [5.74, 6) is -0.449. The minimum absolute atomic E-state index is 0.0116. The molecule has 1 aromatic heterocycles. The summed E-state index contributed by atoms with van der Waals surface area (Å²) in [7, 11) is 1.44. The van der Waals surface area contributed by atoms with E-state index in [1.807, 2.05) is 5.16 Å². The third-order valence-corrected chi connectivity index (χ3v) is 1.04. The summed E-state index contributed by atoms with van der Waals surface area (Å²) >= 11 is 0. The zero-order valence-corrected chi connectivity index (χ0v) is 5.30. The number of carbonyl (C=O) groups excluding carboxylic acids is 1. The lowest BCUT2D eigenvalue weighted by Crippen LogP contribution is -2.23. The lowest BCUT2D eigenvalue weighted by molar-refractivity contribution is 0.0961. The van der Waals surface area contributed by atoms with Gasteiger partial charge in [-0.05, 0) is 0 Å². The van der Waals surface area contributed by atoms with Crippen LogP contribution in [0.15, 0.2) is 15.6 Å². The smallest absolute Gasteiger partial charge is 0.292 e. The normalized spacial score (nSPS) is 9.30. The molecule has 0 fully saturated rings. The molecule has 0 radical (unpaired) electrons. The van der Waals surface area contributed by atoms with Gasteiger partial charge >= 0.3 is 0 Å². The van der Waals surface area contributed by atoms with E-state index in [9.17, 15) is 9.59 Å². The summed E-state index contributed by atoms with van der Waals surface area (Å²) in [5.41, 5.74) is -0.526. The first-order valence-electron chi connectivity index (χ1n) is 2.64. The molecule has 54 valence electrons. The number of nitrogens with one attached hydrogen (secondary N) is 2. The molecule has 1 amide bonds. The Kier molecular flexibility index (Phi) is 1.57. The predicted octanol–water partition coefficient (Wildman–Crippen LogP) is -0.673. The minimum Gasteiger partial charge on any atom is -0.386 e. The summed E-state index contributed by atoms with van der Waals surface area (Å²) in [6.45, 7) is 0. The first-order valence-corrected chi connectivity index (χ1v) is 2.64. The van der Waals surface area contributed by atoms with Gasteiger partial charge in [-0.2, -0.15) is 5.16 Å². The van der Waals surface area contributed by atoms with Gasteiger partial charge in [0.25, 0.3) is 11.5 Å². The number of rotatable bonds is 1. The van der Waals surface area contributed by atoms with Gasteiger partial charge in [0.2, 0.25) is 0 Å². The van der Waals surface area contributed by atoms with Gasteiger partial charge in [0.1, 0.15) is 11.8 Å². The largest absolute Gasteiger partial charge is 0.386 e. The number of H-pyrrole nitrogens is 1. The molecule has 0 aliphatic carbocycles. The van der Waals surface area contributed by atoms with E-state index in [1.165, 1.54) is 7.05 Å². The van der Waals surface area contributed by atoms with Gasteiger partial charge < -0.3 is 9.84 Å². The van der Waals surface area contributed by atoms with Crippen molar-refractivity contribution in [2.45, 2.75) is 0 Å². The number of hydrogen-bond donors (Lipinski definition) is 2.